The van der Waals surface area contributed by atoms with Crippen molar-refractivity contribution in [3.05, 3.63) is 137 Å². The van der Waals surface area contributed by atoms with E-state index >= 15 is 0 Å². The van der Waals surface area contributed by atoms with Gasteiger partial charge >= 0.3 is 0 Å². The minimum atomic E-state index is 0.544. The molecule has 0 amide bonds. The number of hydrogen-bond donors (Lipinski definition) is 0. The summed E-state index contributed by atoms with van der Waals surface area (Å²) in [5.41, 5.74) is 6.19. The molecule has 176 valence electrons. The molecule has 0 unspecified atom stereocenters. The van der Waals surface area contributed by atoms with Crippen LogP contribution in [0, 0.1) is 17.9 Å². The summed E-state index contributed by atoms with van der Waals surface area (Å²) in [6, 6.07) is 38.1. The lowest BCUT2D eigenvalue weighted by molar-refractivity contribution is 0.415. The lowest BCUT2D eigenvalue weighted by atomic mass is 9.98. The quantitative estimate of drug-likeness (QED) is 0.181. The third-order valence-corrected chi connectivity index (χ3v) is 6.24. The van der Waals surface area contributed by atoms with Crippen molar-refractivity contribution < 1.29 is 4.74 Å². The number of benzene rings is 5. The monoisotopic (exact) mass is 477 g/mol. The normalized spacial score (nSPS) is 10.7. The second-order valence-corrected chi connectivity index (χ2v) is 8.42. The van der Waals surface area contributed by atoms with Crippen LogP contribution in [0.4, 0.5) is 22.7 Å². The van der Waals surface area contributed by atoms with E-state index in [0.717, 1.165) is 44.7 Å². The molecule has 0 spiro atoms. The predicted octanol–water partition coefficient (Wildman–Crippen LogP) is 8.91. The van der Waals surface area contributed by atoms with Crippen molar-refractivity contribution in [2.45, 2.75) is 0 Å². The van der Waals surface area contributed by atoms with Gasteiger partial charge in [0.05, 0.1) is 25.3 Å². The maximum atomic E-state index is 9.50. The molecule has 0 bridgehead atoms. The second-order valence-electron chi connectivity index (χ2n) is 8.42. The minimum Gasteiger partial charge on any atom is -0.497 e. The summed E-state index contributed by atoms with van der Waals surface area (Å²) in [5, 5.41) is 11.1. The van der Waals surface area contributed by atoms with Gasteiger partial charge in [0.25, 0.3) is 0 Å². The van der Waals surface area contributed by atoms with Crippen LogP contribution in [0.3, 0.4) is 0 Å². The van der Waals surface area contributed by atoms with Crippen molar-refractivity contribution in [3.63, 3.8) is 0 Å². The number of anilines is 3. The van der Waals surface area contributed by atoms with E-state index in [1.807, 2.05) is 72.8 Å². The number of para-hydroxylation sites is 1. The number of fused-ring (bicyclic) bond motifs is 1. The van der Waals surface area contributed by atoms with Crippen molar-refractivity contribution in [2.75, 3.05) is 12.0 Å². The number of hydrogen-bond acceptors (Lipinski definition) is 3. The van der Waals surface area contributed by atoms with E-state index in [1.54, 1.807) is 19.2 Å². The van der Waals surface area contributed by atoms with Crippen LogP contribution in [0.15, 0.2) is 109 Å². The molecule has 4 heteroatoms. The first-order valence-electron chi connectivity index (χ1n) is 11.8. The molecule has 0 atom stereocenters. The first-order valence-corrected chi connectivity index (χ1v) is 11.8. The van der Waals surface area contributed by atoms with E-state index in [9.17, 15) is 5.26 Å². The molecule has 5 aromatic rings. The first kappa shape index (κ1) is 23.4. The van der Waals surface area contributed by atoms with Gasteiger partial charge in [-0.1, -0.05) is 72.8 Å². The van der Waals surface area contributed by atoms with E-state index in [1.165, 1.54) is 0 Å². The zero-order valence-corrected chi connectivity index (χ0v) is 20.3. The van der Waals surface area contributed by atoms with Crippen molar-refractivity contribution >= 4 is 45.7 Å². The molecule has 0 aliphatic carbocycles. The van der Waals surface area contributed by atoms with Crippen LogP contribution in [0.25, 0.3) is 27.8 Å². The smallest absolute Gasteiger partial charge is 0.195 e. The standard InChI is InChI=1S/C33H23N3O/c1-35-32-22-15-26(23-34)31-10-6-7-25(33(31)32)14-11-24-12-16-28(17-13-24)36(27-8-4-3-5-9-27)29-18-20-30(37-2)21-19-29/h3-22H,2H3/b14-11-. The zero-order valence-electron chi connectivity index (χ0n) is 20.3. The third kappa shape index (κ3) is 4.78. The summed E-state index contributed by atoms with van der Waals surface area (Å²) in [5.74, 6) is 0.814. The van der Waals surface area contributed by atoms with Crippen LogP contribution in [-0.2, 0) is 0 Å². The molecular weight excluding hydrogens is 454 g/mol. The van der Waals surface area contributed by atoms with Crippen LogP contribution >= 0.6 is 0 Å². The average molecular weight is 478 g/mol. The van der Waals surface area contributed by atoms with Crippen molar-refractivity contribution in [2.24, 2.45) is 0 Å². The molecule has 0 saturated carbocycles. The predicted molar refractivity (Wildman–Crippen MR) is 152 cm³/mol. The molecule has 0 N–H and O–H groups in total. The second kappa shape index (κ2) is 10.5. The summed E-state index contributed by atoms with van der Waals surface area (Å²) in [6.07, 6.45) is 4.04. The first-order chi connectivity index (χ1) is 18.2. The van der Waals surface area contributed by atoms with Gasteiger partial charge in [-0.15, -0.1) is 0 Å². The highest BCUT2D eigenvalue weighted by atomic mass is 16.5. The van der Waals surface area contributed by atoms with Gasteiger partial charge in [-0.2, -0.15) is 5.26 Å². The maximum absolute atomic E-state index is 9.50. The minimum absolute atomic E-state index is 0.544. The summed E-state index contributed by atoms with van der Waals surface area (Å²) in [6.45, 7) is 7.58. The Kier molecular flexibility index (Phi) is 6.66. The SMILES string of the molecule is [C-]#[N+]c1ccc(C#N)c2cccc(/C=C\c3ccc(N(c4ccccc4)c4ccc(OC)cc4)cc3)c12. The summed E-state index contributed by atoms with van der Waals surface area (Å²) in [4.78, 5) is 5.88. The Morgan fingerprint density at radius 3 is 2.08 bits per heavy atom. The third-order valence-electron chi connectivity index (χ3n) is 6.24. The Hall–Kier alpha value is -5.32. The maximum Gasteiger partial charge on any atom is 0.195 e. The van der Waals surface area contributed by atoms with E-state index in [2.05, 4.69) is 52.2 Å². The van der Waals surface area contributed by atoms with Gasteiger partial charge in [-0.05, 0) is 70.4 Å². The largest absolute Gasteiger partial charge is 0.497 e. The van der Waals surface area contributed by atoms with Crippen LogP contribution in [0.5, 0.6) is 5.75 Å². The highest BCUT2D eigenvalue weighted by Gasteiger charge is 2.12. The molecule has 4 nitrogen and oxygen atoms in total. The molecule has 5 rings (SSSR count). The zero-order chi connectivity index (χ0) is 25.6. The van der Waals surface area contributed by atoms with E-state index in [0.29, 0.717) is 11.3 Å². The average Bonchev–Trinajstić information content (AvgIpc) is 2.97. The summed E-state index contributed by atoms with van der Waals surface area (Å²) < 4.78 is 5.34. The number of ether oxygens (including phenoxy) is 1. The van der Waals surface area contributed by atoms with Crippen molar-refractivity contribution in [1.82, 2.24) is 0 Å². The Morgan fingerprint density at radius 2 is 1.43 bits per heavy atom. The van der Waals surface area contributed by atoms with Gasteiger partial charge < -0.3 is 9.64 Å². The highest BCUT2D eigenvalue weighted by molar-refractivity contribution is 6.04. The molecule has 0 heterocycles. The molecule has 5 aromatic carbocycles. The fourth-order valence-electron chi connectivity index (χ4n) is 4.42. The molecule has 0 aromatic heterocycles. The Bertz CT molecular complexity index is 1660. The van der Waals surface area contributed by atoms with Gasteiger partial charge in [-0.25, -0.2) is 4.85 Å². The van der Waals surface area contributed by atoms with Crippen LogP contribution in [0.1, 0.15) is 16.7 Å². The Morgan fingerprint density at radius 1 is 0.757 bits per heavy atom. The van der Waals surface area contributed by atoms with Crippen LogP contribution in [-0.4, -0.2) is 7.11 Å². The highest BCUT2D eigenvalue weighted by Crippen LogP contribution is 2.36. The number of rotatable bonds is 6. The fourth-order valence-corrected chi connectivity index (χ4v) is 4.42. The summed E-state index contributed by atoms with van der Waals surface area (Å²) >= 11 is 0. The molecule has 0 fully saturated rings. The van der Waals surface area contributed by atoms with Crippen LogP contribution in [0.2, 0.25) is 0 Å². The van der Waals surface area contributed by atoms with Gasteiger partial charge in [0.15, 0.2) is 5.69 Å². The van der Waals surface area contributed by atoms with E-state index in [-0.39, 0.29) is 0 Å². The number of nitrogens with zero attached hydrogens (tertiary/aromatic N) is 3. The van der Waals surface area contributed by atoms with E-state index < -0.39 is 0 Å². The van der Waals surface area contributed by atoms with Gasteiger partial charge in [0.1, 0.15) is 5.75 Å². The van der Waals surface area contributed by atoms with Gasteiger partial charge in [-0.3, -0.25) is 0 Å². The molecule has 37 heavy (non-hydrogen) atoms. The lowest BCUT2D eigenvalue weighted by Crippen LogP contribution is -2.09. The molecule has 0 radical (unpaired) electrons. The van der Waals surface area contributed by atoms with E-state index in [4.69, 9.17) is 11.3 Å². The molecule has 0 aliphatic rings. The summed E-state index contributed by atoms with van der Waals surface area (Å²) in [7, 11) is 1.67. The fraction of sp³-hybridized carbons (Fsp3) is 0.0303. The Balaban J connectivity index is 1.50. The molecule has 0 saturated heterocycles. The molecule has 0 aliphatic heterocycles. The molecular formula is C33H23N3O. The van der Waals surface area contributed by atoms with Gasteiger partial charge in [0.2, 0.25) is 0 Å². The Labute approximate surface area is 216 Å². The van der Waals surface area contributed by atoms with Gasteiger partial charge in [0, 0.05) is 17.1 Å². The van der Waals surface area contributed by atoms with Crippen LogP contribution < -0.4 is 9.64 Å². The van der Waals surface area contributed by atoms with Crippen molar-refractivity contribution in [1.29, 1.82) is 5.26 Å². The topological polar surface area (TPSA) is 40.6 Å². The number of methoxy groups -OCH3 is 1. The lowest BCUT2D eigenvalue weighted by Gasteiger charge is -2.25. The van der Waals surface area contributed by atoms with Crippen molar-refractivity contribution in [3.8, 4) is 11.8 Å². The number of nitriles is 1.